The number of nitrogens with two attached hydrogens (primary N) is 1. The van der Waals surface area contributed by atoms with E-state index in [0.717, 1.165) is 0 Å². The Kier molecular flexibility index (Phi) is 3.97. The minimum atomic E-state index is -0.273. The van der Waals surface area contributed by atoms with Gasteiger partial charge in [-0.2, -0.15) is 19.9 Å². The molecule has 0 spiro atoms. The number of hydrazine groups is 2. The standard InChI is InChI=1S/C8H13N5O3S/c9-12-11-5-1-2-13(8(15)10-5)6-4-16-7(3-14)17-6/h1-2,6-7,12,14H,3-4,9H2,(H,10,11,15)/p+1. The van der Waals surface area contributed by atoms with Crippen LogP contribution < -0.4 is 27.1 Å². The average molecular weight is 260 g/mol. The first-order valence-corrected chi connectivity index (χ1v) is 5.93. The van der Waals surface area contributed by atoms with Crippen LogP contribution in [0.1, 0.15) is 5.37 Å². The smallest absolute Gasteiger partial charge is 0.393 e. The lowest BCUT2D eigenvalue weighted by molar-refractivity contribution is -0.716. The molecule has 0 amide bonds. The Balaban J connectivity index is 2.14. The van der Waals surface area contributed by atoms with Gasteiger partial charge in [0.15, 0.2) is 5.37 Å². The summed E-state index contributed by atoms with van der Waals surface area (Å²) in [5.41, 5.74) is 4.25. The Morgan fingerprint density at radius 2 is 2.59 bits per heavy atom. The molecule has 1 aliphatic heterocycles. The summed E-state index contributed by atoms with van der Waals surface area (Å²) in [6.45, 7) is 0.335. The molecule has 9 heteroatoms. The number of ether oxygens (including phenoxy) is 1. The first kappa shape index (κ1) is 12.3. The van der Waals surface area contributed by atoms with Gasteiger partial charge in [0.2, 0.25) is 5.82 Å². The molecule has 6 N–H and O–H groups in total. The van der Waals surface area contributed by atoms with Gasteiger partial charge in [0.1, 0.15) is 11.6 Å². The topological polar surface area (TPSA) is 116 Å². The second kappa shape index (κ2) is 5.47. The summed E-state index contributed by atoms with van der Waals surface area (Å²) in [6, 6.07) is 1.67. The second-order valence-electron chi connectivity index (χ2n) is 3.37. The summed E-state index contributed by atoms with van der Waals surface area (Å²) >= 11 is 1.41. The highest BCUT2D eigenvalue weighted by molar-refractivity contribution is 7.99. The highest BCUT2D eigenvalue weighted by atomic mass is 32.2. The summed E-state index contributed by atoms with van der Waals surface area (Å²) in [7, 11) is 0. The number of nitrogens with one attached hydrogen (secondary N) is 3. The zero-order valence-corrected chi connectivity index (χ0v) is 9.74. The van der Waals surface area contributed by atoms with E-state index in [9.17, 15) is 4.79 Å². The Morgan fingerprint density at radius 3 is 3.18 bits per heavy atom. The molecule has 8 nitrogen and oxygen atoms in total. The SMILES string of the molecule is NNNc1cc[n+](C2COC(CO)S2)c(=O)[nH]1. The molecular formula is C8H14N5O3S+. The Hall–Kier alpha value is -1.13. The Labute approximate surface area is 101 Å². The van der Waals surface area contributed by atoms with E-state index < -0.39 is 0 Å². The molecule has 0 aromatic carbocycles. The lowest BCUT2D eigenvalue weighted by Crippen LogP contribution is -2.54. The molecular weight excluding hydrogens is 246 g/mol. The monoisotopic (exact) mass is 260 g/mol. The number of aromatic amines is 1. The average Bonchev–Trinajstić information content (AvgIpc) is 2.78. The molecule has 1 saturated heterocycles. The molecule has 1 aromatic rings. The van der Waals surface area contributed by atoms with Crippen molar-refractivity contribution in [2.45, 2.75) is 10.8 Å². The summed E-state index contributed by atoms with van der Waals surface area (Å²) in [5, 5.41) is 8.81. The predicted molar refractivity (Wildman–Crippen MR) is 61.7 cm³/mol. The minimum Gasteiger partial charge on any atom is -0.393 e. The van der Waals surface area contributed by atoms with Crippen molar-refractivity contribution < 1.29 is 14.4 Å². The van der Waals surface area contributed by atoms with Crippen LogP contribution in [0.3, 0.4) is 0 Å². The molecule has 0 aliphatic carbocycles. The van der Waals surface area contributed by atoms with E-state index >= 15 is 0 Å². The van der Waals surface area contributed by atoms with Crippen molar-refractivity contribution in [1.29, 1.82) is 0 Å². The largest absolute Gasteiger partial charge is 0.498 e. The number of anilines is 1. The molecule has 2 atom stereocenters. The van der Waals surface area contributed by atoms with E-state index in [0.29, 0.717) is 12.4 Å². The number of hydrogen-bond donors (Lipinski definition) is 5. The quantitative estimate of drug-likeness (QED) is 0.242. The highest BCUT2D eigenvalue weighted by Gasteiger charge is 2.31. The Bertz CT molecular complexity index is 439. The van der Waals surface area contributed by atoms with Gasteiger partial charge < -0.3 is 9.84 Å². The van der Waals surface area contributed by atoms with Crippen LogP contribution >= 0.6 is 11.8 Å². The van der Waals surface area contributed by atoms with Crippen LogP contribution in [0.2, 0.25) is 0 Å². The lowest BCUT2D eigenvalue weighted by atomic mass is 10.5. The van der Waals surface area contributed by atoms with Crippen LogP contribution in [0, 0.1) is 0 Å². The third-order valence-electron chi connectivity index (χ3n) is 2.28. The van der Waals surface area contributed by atoms with Gasteiger partial charge in [-0.15, -0.1) is 0 Å². The van der Waals surface area contributed by atoms with Crippen LogP contribution in [-0.4, -0.2) is 28.7 Å². The molecule has 1 fully saturated rings. The molecule has 17 heavy (non-hydrogen) atoms. The molecule has 2 rings (SSSR count). The van der Waals surface area contributed by atoms with Gasteiger partial charge >= 0.3 is 5.69 Å². The zero-order chi connectivity index (χ0) is 12.3. The van der Waals surface area contributed by atoms with Crippen molar-refractivity contribution in [3.63, 3.8) is 0 Å². The molecule has 1 aliphatic rings. The number of aromatic nitrogens is 2. The molecule has 0 bridgehead atoms. The molecule has 2 unspecified atom stereocenters. The van der Waals surface area contributed by atoms with Gasteiger partial charge in [-0.3, -0.25) is 11.3 Å². The van der Waals surface area contributed by atoms with Crippen LogP contribution in [0.15, 0.2) is 17.1 Å². The Morgan fingerprint density at radius 1 is 1.76 bits per heavy atom. The summed E-state index contributed by atoms with van der Waals surface area (Å²) in [6.07, 6.45) is 1.64. The van der Waals surface area contributed by atoms with Crippen molar-refractivity contribution in [2.24, 2.45) is 5.84 Å². The van der Waals surface area contributed by atoms with Crippen molar-refractivity contribution in [3.05, 3.63) is 22.7 Å². The van der Waals surface area contributed by atoms with Crippen LogP contribution in [0.5, 0.6) is 0 Å². The maximum absolute atomic E-state index is 11.8. The third kappa shape index (κ3) is 2.76. The van der Waals surface area contributed by atoms with Crippen LogP contribution in [-0.2, 0) is 4.74 Å². The van der Waals surface area contributed by atoms with E-state index in [1.54, 1.807) is 12.3 Å². The van der Waals surface area contributed by atoms with Crippen molar-refractivity contribution in [3.8, 4) is 0 Å². The third-order valence-corrected chi connectivity index (χ3v) is 3.54. The van der Waals surface area contributed by atoms with E-state index in [1.807, 2.05) is 0 Å². The molecule has 94 valence electrons. The van der Waals surface area contributed by atoms with Gasteiger partial charge in [-0.1, -0.05) is 11.8 Å². The first-order valence-electron chi connectivity index (χ1n) is 4.98. The summed E-state index contributed by atoms with van der Waals surface area (Å²) < 4.78 is 6.81. The number of aliphatic hydroxyl groups excluding tert-OH is 1. The zero-order valence-electron chi connectivity index (χ0n) is 8.92. The fraction of sp³-hybridized carbons (Fsp3) is 0.500. The molecule has 0 radical (unpaired) electrons. The van der Waals surface area contributed by atoms with E-state index in [4.69, 9.17) is 15.7 Å². The van der Waals surface area contributed by atoms with E-state index in [1.165, 1.54) is 16.3 Å². The number of thioether (sulfide) groups is 1. The number of nitrogens with zero attached hydrogens (tertiary/aromatic N) is 1. The van der Waals surface area contributed by atoms with Gasteiger partial charge in [0.05, 0.1) is 13.2 Å². The minimum absolute atomic E-state index is 0.0592. The second-order valence-corrected chi connectivity index (χ2v) is 4.71. The number of aliphatic hydroxyl groups is 1. The van der Waals surface area contributed by atoms with Gasteiger partial charge in [-0.25, -0.2) is 0 Å². The van der Waals surface area contributed by atoms with E-state index in [2.05, 4.69) is 15.9 Å². The fourth-order valence-corrected chi connectivity index (χ4v) is 2.55. The van der Waals surface area contributed by atoms with Crippen LogP contribution in [0.25, 0.3) is 0 Å². The van der Waals surface area contributed by atoms with Crippen LogP contribution in [0.4, 0.5) is 5.82 Å². The number of hydrogen-bond acceptors (Lipinski definition) is 7. The highest BCUT2D eigenvalue weighted by Crippen LogP contribution is 2.30. The fourth-order valence-electron chi connectivity index (χ4n) is 1.51. The first-order chi connectivity index (χ1) is 8.24. The van der Waals surface area contributed by atoms with Gasteiger partial charge in [0, 0.05) is 6.07 Å². The predicted octanol–water partition coefficient (Wildman–Crippen LogP) is -1.97. The summed E-state index contributed by atoms with van der Waals surface area (Å²) in [4.78, 5) is 14.4. The maximum Gasteiger partial charge on any atom is 0.498 e. The number of H-pyrrole nitrogens is 1. The molecule has 2 heterocycles. The van der Waals surface area contributed by atoms with E-state index in [-0.39, 0.29) is 23.1 Å². The van der Waals surface area contributed by atoms with Crippen molar-refractivity contribution in [2.75, 3.05) is 18.6 Å². The normalized spacial score (nSPS) is 23.9. The molecule has 0 saturated carbocycles. The number of rotatable bonds is 4. The van der Waals surface area contributed by atoms with Gasteiger partial charge in [-0.05, 0) is 0 Å². The van der Waals surface area contributed by atoms with Crippen molar-refractivity contribution in [1.82, 2.24) is 10.5 Å². The molecule has 1 aromatic heterocycles. The maximum atomic E-state index is 11.8. The van der Waals surface area contributed by atoms with Crippen molar-refractivity contribution >= 4 is 17.6 Å². The van der Waals surface area contributed by atoms with Gasteiger partial charge in [0.25, 0.3) is 0 Å². The summed E-state index contributed by atoms with van der Waals surface area (Å²) in [5.74, 6) is 5.53. The lowest BCUT2D eigenvalue weighted by Gasteiger charge is -2.05.